The molecule has 0 aromatic rings. The van der Waals surface area contributed by atoms with Crippen molar-refractivity contribution in [3.8, 4) is 0 Å². The minimum atomic E-state index is -1.00. The Kier molecular flexibility index (Phi) is 8.87. The molecule has 0 saturated heterocycles. The molecule has 0 bridgehead atoms. The molecule has 0 aromatic heterocycles. The molecule has 0 radical (unpaired) electrons. The lowest BCUT2D eigenvalue weighted by molar-refractivity contribution is 0.246. The predicted molar refractivity (Wildman–Crippen MR) is 46.1 cm³/mol. The molecule has 0 N–H and O–H groups in total. The van der Waals surface area contributed by atoms with E-state index in [4.69, 9.17) is 0 Å². The van der Waals surface area contributed by atoms with Crippen molar-refractivity contribution in [3.05, 3.63) is 0 Å². The predicted octanol–water partition coefficient (Wildman–Crippen LogP) is 3.95. The molecule has 0 aliphatic heterocycles. The Morgan fingerprint density at radius 3 is 1.20 bits per heavy atom. The molecule has 0 aliphatic carbocycles. The van der Waals surface area contributed by atoms with Crippen molar-refractivity contribution in [1.29, 1.82) is 0 Å². The summed E-state index contributed by atoms with van der Waals surface area (Å²) in [6.45, 7) is 8.99. The first-order valence-electron chi connectivity index (χ1n) is 4.10. The summed E-state index contributed by atoms with van der Waals surface area (Å²) in [6, 6.07) is 0. The van der Waals surface area contributed by atoms with Gasteiger partial charge in [-0.05, 0) is 20.8 Å². The molecule has 0 nitrogen and oxygen atoms in total. The maximum atomic E-state index is 11.7. The minimum Gasteiger partial charge on any atom is -0.245 e. The zero-order chi connectivity index (χ0) is 8.62. The largest absolute Gasteiger partial charge is 0.245 e. The average Bonchev–Trinajstić information content (AvgIpc) is 1.63. The Labute approximate surface area is 64.8 Å². The third-order valence-corrected chi connectivity index (χ3v) is 0.707. The molecule has 10 heavy (non-hydrogen) atoms. The Morgan fingerprint density at radius 1 is 1.00 bits per heavy atom. The van der Waals surface area contributed by atoms with Crippen molar-refractivity contribution in [2.45, 2.75) is 59.5 Å². The molecule has 0 unspecified atom stereocenters. The minimum absolute atomic E-state index is 1.00. The van der Waals surface area contributed by atoms with E-state index in [1.807, 2.05) is 0 Å². The van der Waals surface area contributed by atoms with Crippen LogP contribution in [0.15, 0.2) is 0 Å². The normalized spacial score (nSPS) is 10.2. The number of halogens is 1. The fourth-order valence-electron chi connectivity index (χ4n) is 0.354. The maximum Gasteiger partial charge on any atom is 0.102 e. The first-order valence-corrected chi connectivity index (χ1v) is 4.10. The molecule has 0 amide bonds. The van der Waals surface area contributed by atoms with Crippen molar-refractivity contribution in [2.75, 3.05) is 0 Å². The fourth-order valence-corrected chi connectivity index (χ4v) is 0.354. The number of alkyl halides is 1. The number of hydrogen-bond donors (Lipinski definition) is 0. The van der Waals surface area contributed by atoms with Crippen LogP contribution in [0.5, 0.6) is 0 Å². The highest BCUT2D eigenvalue weighted by molar-refractivity contribution is 4.52. The number of rotatable bonds is 2. The van der Waals surface area contributed by atoms with Gasteiger partial charge in [-0.1, -0.05) is 33.1 Å². The van der Waals surface area contributed by atoms with Crippen LogP contribution in [0.4, 0.5) is 4.39 Å². The lowest BCUT2D eigenvalue weighted by Crippen LogP contribution is -2.01. The average molecular weight is 148 g/mol. The second-order valence-corrected chi connectivity index (χ2v) is 3.42. The quantitative estimate of drug-likeness (QED) is 0.556. The monoisotopic (exact) mass is 148 g/mol. The second-order valence-electron chi connectivity index (χ2n) is 3.42. The van der Waals surface area contributed by atoms with E-state index >= 15 is 0 Å². The molecule has 0 aliphatic rings. The third kappa shape index (κ3) is 102. The van der Waals surface area contributed by atoms with Gasteiger partial charge in [-0.2, -0.15) is 0 Å². The Bertz CT molecular complexity index is 44.2. The number of hydrogen-bond acceptors (Lipinski definition) is 0. The van der Waals surface area contributed by atoms with Crippen molar-refractivity contribution in [3.63, 3.8) is 0 Å². The van der Waals surface area contributed by atoms with Gasteiger partial charge in [0.15, 0.2) is 0 Å². The van der Waals surface area contributed by atoms with Gasteiger partial charge >= 0.3 is 0 Å². The highest BCUT2D eigenvalue weighted by atomic mass is 19.1. The molecule has 1 heteroatoms. The van der Waals surface area contributed by atoms with Gasteiger partial charge in [-0.3, -0.25) is 0 Å². The van der Waals surface area contributed by atoms with Crippen LogP contribution in [-0.4, -0.2) is 5.67 Å². The summed E-state index contributed by atoms with van der Waals surface area (Å²) in [4.78, 5) is 0. The molecule has 0 fully saturated rings. The van der Waals surface area contributed by atoms with Crippen molar-refractivity contribution in [2.24, 2.45) is 0 Å². The van der Waals surface area contributed by atoms with Gasteiger partial charge in [0.1, 0.15) is 5.67 Å². The summed E-state index contributed by atoms with van der Waals surface area (Å²) in [7, 11) is 0. The second kappa shape index (κ2) is 7.04. The first kappa shape index (κ1) is 12.6. The van der Waals surface area contributed by atoms with E-state index in [9.17, 15) is 4.39 Å². The van der Waals surface area contributed by atoms with Crippen LogP contribution in [-0.2, 0) is 0 Å². The summed E-state index contributed by atoms with van der Waals surface area (Å²) in [5.41, 5.74) is -1.00. The van der Waals surface area contributed by atoms with Gasteiger partial charge in [0.05, 0.1) is 0 Å². The zero-order valence-electron chi connectivity index (χ0n) is 8.00. The van der Waals surface area contributed by atoms with Gasteiger partial charge in [-0.15, -0.1) is 0 Å². The van der Waals surface area contributed by atoms with Crippen LogP contribution in [0.25, 0.3) is 0 Å². The molecular formula is C9H21F. The summed E-state index contributed by atoms with van der Waals surface area (Å²) >= 11 is 0. The molecule has 64 valence electrons. The molecule has 0 spiro atoms. The van der Waals surface area contributed by atoms with E-state index in [0.29, 0.717) is 0 Å². The van der Waals surface area contributed by atoms with Crippen molar-refractivity contribution < 1.29 is 4.39 Å². The lowest BCUT2D eigenvalue weighted by atomic mass is 10.2. The Balaban J connectivity index is 0. The van der Waals surface area contributed by atoms with Crippen LogP contribution in [0.2, 0.25) is 0 Å². The van der Waals surface area contributed by atoms with E-state index < -0.39 is 5.67 Å². The van der Waals surface area contributed by atoms with Crippen LogP contribution >= 0.6 is 0 Å². The topological polar surface area (TPSA) is 0 Å². The SMILES string of the molecule is CC(C)(C)F.CCCCC. The summed E-state index contributed by atoms with van der Waals surface area (Å²) < 4.78 is 11.7. The summed E-state index contributed by atoms with van der Waals surface area (Å²) in [6.07, 6.45) is 4.08. The maximum absolute atomic E-state index is 11.7. The third-order valence-electron chi connectivity index (χ3n) is 0.707. The fraction of sp³-hybridized carbons (Fsp3) is 1.00. The molecular weight excluding hydrogens is 127 g/mol. The first-order chi connectivity index (χ1) is 4.41. The highest BCUT2D eigenvalue weighted by Gasteiger charge is 2.01. The number of unbranched alkanes of at least 4 members (excludes halogenated alkanes) is 2. The lowest BCUT2D eigenvalue weighted by Gasteiger charge is -1.99. The van der Waals surface area contributed by atoms with E-state index in [0.717, 1.165) is 0 Å². The van der Waals surface area contributed by atoms with E-state index in [2.05, 4.69) is 13.8 Å². The molecule has 0 atom stereocenters. The standard InChI is InChI=1S/C5H12.C4H9F/c1-3-5-4-2;1-4(2,3)5/h3-5H2,1-2H3;1-3H3. The Hall–Kier alpha value is -0.0700. The smallest absolute Gasteiger partial charge is 0.102 e. The van der Waals surface area contributed by atoms with Gasteiger partial charge in [0, 0.05) is 0 Å². The molecule has 0 rings (SSSR count). The summed E-state index contributed by atoms with van der Waals surface area (Å²) in [5, 5.41) is 0. The van der Waals surface area contributed by atoms with Crippen molar-refractivity contribution in [1.82, 2.24) is 0 Å². The van der Waals surface area contributed by atoms with Gasteiger partial charge < -0.3 is 0 Å². The van der Waals surface area contributed by atoms with Crippen LogP contribution in [0.3, 0.4) is 0 Å². The van der Waals surface area contributed by atoms with E-state index in [-0.39, 0.29) is 0 Å². The highest BCUT2D eigenvalue weighted by Crippen LogP contribution is 2.02. The van der Waals surface area contributed by atoms with Crippen LogP contribution < -0.4 is 0 Å². The molecule has 0 heterocycles. The van der Waals surface area contributed by atoms with Crippen molar-refractivity contribution >= 4 is 0 Å². The van der Waals surface area contributed by atoms with Crippen LogP contribution in [0.1, 0.15) is 53.9 Å². The zero-order valence-corrected chi connectivity index (χ0v) is 8.00. The van der Waals surface area contributed by atoms with E-state index in [1.54, 1.807) is 0 Å². The van der Waals surface area contributed by atoms with Gasteiger partial charge in [0.25, 0.3) is 0 Å². The van der Waals surface area contributed by atoms with Crippen LogP contribution in [0, 0.1) is 0 Å². The summed E-state index contributed by atoms with van der Waals surface area (Å²) in [5.74, 6) is 0. The van der Waals surface area contributed by atoms with Gasteiger partial charge in [-0.25, -0.2) is 4.39 Å². The Morgan fingerprint density at radius 2 is 1.20 bits per heavy atom. The molecule has 0 saturated carbocycles. The van der Waals surface area contributed by atoms with Gasteiger partial charge in [0.2, 0.25) is 0 Å². The van der Waals surface area contributed by atoms with E-state index in [1.165, 1.54) is 40.0 Å². The molecule has 0 aromatic carbocycles.